The first-order valence-corrected chi connectivity index (χ1v) is 9.54. The van der Waals surface area contributed by atoms with Crippen LogP contribution in [0.3, 0.4) is 0 Å². The summed E-state index contributed by atoms with van der Waals surface area (Å²) < 4.78 is 5.49. The molecule has 26 heavy (non-hydrogen) atoms. The van der Waals surface area contributed by atoms with Crippen LogP contribution >= 0.6 is 23.2 Å². The summed E-state index contributed by atoms with van der Waals surface area (Å²) in [6.45, 7) is 6.65. The summed E-state index contributed by atoms with van der Waals surface area (Å²) in [6, 6.07) is 9.88. The van der Waals surface area contributed by atoms with Crippen LogP contribution in [0.15, 0.2) is 48.6 Å². The highest BCUT2D eigenvalue weighted by Crippen LogP contribution is 2.32. The maximum absolute atomic E-state index is 6.43. The second-order valence-electron chi connectivity index (χ2n) is 6.08. The molecule has 2 nitrogen and oxygen atoms in total. The van der Waals surface area contributed by atoms with Crippen LogP contribution in [0.5, 0.6) is 5.75 Å². The van der Waals surface area contributed by atoms with E-state index in [1.807, 2.05) is 31.2 Å². The lowest BCUT2D eigenvalue weighted by Crippen LogP contribution is -2.01. The SMILES string of the molecule is CC/C=C/C=C(\N)c1cc(Cc2c(Cl)cc(OCC)cc2Cl)ccc1C. The third-order valence-electron chi connectivity index (χ3n) is 4.07. The van der Waals surface area contributed by atoms with Gasteiger partial charge in [0.05, 0.1) is 6.61 Å². The molecule has 138 valence electrons. The Hall–Kier alpha value is -1.90. The third-order valence-corrected chi connectivity index (χ3v) is 4.74. The topological polar surface area (TPSA) is 35.2 Å². The smallest absolute Gasteiger partial charge is 0.122 e. The number of halogens is 2. The minimum absolute atomic E-state index is 0.575. The van der Waals surface area contributed by atoms with Gasteiger partial charge in [0.1, 0.15) is 5.75 Å². The van der Waals surface area contributed by atoms with E-state index in [1.165, 1.54) is 0 Å². The third kappa shape index (κ3) is 5.30. The molecule has 2 aromatic rings. The molecular formula is C22H25Cl2NO. The molecule has 2 rings (SSSR count). The zero-order valence-electron chi connectivity index (χ0n) is 15.5. The average Bonchev–Trinajstić information content (AvgIpc) is 2.60. The fraction of sp³-hybridized carbons (Fsp3) is 0.273. The fourth-order valence-corrected chi connectivity index (χ4v) is 3.29. The van der Waals surface area contributed by atoms with E-state index < -0.39 is 0 Å². The Kier molecular flexibility index (Phi) is 7.62. The molecule has 0 fully saturated rings. The minimum Gasteiger partial charge on any atom is -0.494 e. The molecule has 0 spiro atoms. The van der Waals surface area contributed by atoms with Crippen molar-refractivity contribution in [2.45, 2.75) is 33.6 Å². The molecule has 0 saturated carbocycles. The van der Waals surface area contributed by atoms with Crippen molar-refractivity contribution in [1.29, 1.82) is 0 Å². The van der Waals surface area contributed by atoms with E-state index in [2.05, 4.69) is 38.1 Å². The normalized spacial score (nSPS) is 12.0. The van der Waals surface area contributed by atoms with Crippen LogP contribution in [0.4, 0.5) is 0 Å². The second-order valence-corrected chi connectivity index (χ2v) is 6.90. The summed E-state index contributed by atoms with van der Waals surface area (Å²) in [5.74, 6) is 0.686. The van der Waals surface area contributed by atoms with Crippen LogP contribution in [0, 0.1) is 6.92 Å². The van der Waals surface area contributed by atoms with Gasteiger partial charge in [0.25, 0.3) is 0 Å². The van der Waals surface area contributed by atoms with Gasteiger partial charge in [-0.2, -0.15) is 0 Å². The lowest BCUT2D eigenvalue weighted by Gasteiger charge is -2.13. The predicted molar refractivity (Wildman–Crippen MR) is 113 cm³/mol. The van der Waals surface area contributed by atoms with Gasteiger partial charge in [0.15, 0.2) is 0 Å². The van der Waals surface area contributed by atoms with Gasteiger partial charge in [-0.3, -0.25) is 0 Å². The van der Waals surface area contributed by atoms with Crippen molar-refractivity contribution < 1.29 is 4.74 Å². The molecule has 2 aromatic carbocycles. The van der Waals surface area contributed by atoms with E-state index in [-0.39, 0.29) is 0 Å². The van der Waals surface area contributed by atoms with Crippen LogP contribution < -0.4 is 10.5 Å². The van der Waals surface area contributed by atoms with Crippen molar-refractivity contribution in [1.82, 2.24) is 0 Å². The van der Waals surface area contributed by atoms with E-state index in [4.69, 9.17) is 33.7 Å². The number of benzene rings is 2. The van der Waals surface area contributed by atoms with Gasteiger partial charge in [-0.25, -0.2) is 0 Å². The molecule has 0 aliphatic rings. The zero-order chi connectivity index (χ0) is 19.1. The molecule has 0 heterocycles. The van der Waals surface area contributed by atoms with Gasteiger partial charge in [-0.1, -0.05) is 54.4 Å². The van der Waals surface area contributed by atoms with E-state index in [0.29, 0.717) is 28.8 Å². The molecule has 2 N–H and O–H groups in total. The Balaban J connectivity index is 2.32. The molecule has 0 aliphatic carbocycles. The van der Waals surface area contributed by atoms with Gasteiger partial charge in [0.2, 0.25) is 0 Å². The standard InChI is InChI=1S/C22H25Cl2NO/c1-4-6-7-8-22(25)18-11-16(10-9-15(18)3)12-19-20(23)13-17(26-5-2)14-21(19)24/h6-11,13-14H,4-5,12,25H2,1-3H3/b7-6+,22-8-. The van der Waals surface area contributed by atoms with Crippen LogP contribution in [0.2, 0.25) is 10.0 Å². The lowest BCUT2D eigenvalue weighted by atomic mass is 9.98. The monoisotopic (exact) mass is 389 g/mol. The number of nitrogens with two attached hydrogens (primary N) is 1. The highest BCUT2D eigenvalue weighted by molar-refractivity contribution is 6.36. The number of rotatable bonds is 7. The first-order valence-electron chi connectivity index (χ1n) is 8.79. The molecule has 0 atom stereocenters. The Bertz CT molecular complexity index is 802. The Morgan fingerprint density at radius 2 is 1.81 bits per heavy atom. The summed E-state index contributed by atoms with van der Waals surface area (Å²) in [6.07, 6.45) is 7.62. The molecule has 0 unspecified atom stereocenters. The number of hydrogen-bond acceptors (Lipinski definition) is 2. The van der Waals surface area contributed by atoms with Crippen LogP contribution in [-0.4, -0.2) is 6.61 Å². The Morgan fingerprint density at radius 1 is 1.12 bits per heavy atom. The molecule has 0 aliphatic heterocycles. The van der Waals surface area contributed by atoms with Crippen molar-refractivity contribution in [3.05, 3.63) is 80.9 Å². The van der Waals surface area contributed by atoms with Crippen molar-refractivity contribution >= 4 is 28.9 Å². The molecule has 0 amide bonds. The summed E-state index contributed by atoms with van der Waals surface area (Å²) in [5, 5.41) is 1.22. The summed E-state index contributed by atoms with van der Waals surface area (Å²) in [5.41, 5.74) is 11.2. The molecule has 0 saturated heterocycles. The summed E-state index contributed by atoms with van der Waals surface area (Å²) in [7, 11) is 0. The zero-order valence-corrected chi connectivity index (χ0v) is 17.0. The molecular weight excluding hydrogens is 365 g/mol. The van der Waals surface area contributed by atoms with Crippen LogP contribution in [-0.2, 0) is 6.42 Å². The number of aryl methyl sites for hydroxylation is 1. The van der Waals surface area contributed by atoms with E-state index in [0.717, 1.165) is 34.4 Å². The van der Waals surface area contributed by atoms with Gasteiger partial charge in [0, 0.05) is 27.7 Å². The predicted octanol–water partition coefficient (Wildman–Crippen LogP) is 6.56. The van der Waals surface area contributed by atoms with Crippen molar-refractivity contribution in [3.8, 4) is 5.75 Å². The van der Waals surface area contributed by atoms with E-state index in [9.17, 15) is 0 Å². The summed E-state index contributed by atoms with van der Waals surface area (Å²) in [4.78, 5) is 0. The van der Waals surface area contributed by atoms with Crippen molar-refractivity contribution in [3.63, 3.8) is 0 Å². The minimum atomic E-state index is 0.575. The highest BCUT2D eigenvalue weighted by Gasteiger charge is 2.11. The van der Waals surface area contributed by atoms with Gasteiger partial charge in [-0.15, -0.1) is 0 Å². The molecule has 0 radical (unpaired) electrons. The lowest BCUT2D eigenvalue weighted by molar-refractivity contribution is 0.340. The van der Waals surface area contributed by atoms with Crippen molar-refractivity contribution in [2.75, 3.05) is 6.61 Å². The summed E-state index contributed by atoms with van der Waals surface area (Å²) >= 11 is 12.9. The molecule has 4 heteroatoms. The fourth-order valence-electron chi connectivity index (χ4n) is 2.69. The van der Waals surface area contributed by atoms with Gasteiger partial charge >= 0.3 is 0 Å². The van der Waals surface area contributed by atoms with Gasteiger partial charge < -0.3 is 10.5 Å². The first-order chi connectivity index (χ1) is 12.5. The number of allylic oxidation sites excluding steroid dienone is 3. The molecule has 0 bridgehead atoms. The largest absolute Gasteiger partial charge is 0.494 e. The maximum atomic E-state index is 6.43. The van der Waals surface area contributed by atoms with Gasteiger partial charge in [-0.05, 0) is 61.2 Å². The molecule has 0 aromatic heterocycles. The second kappa shape index (κ2) is 9.70. The first kappa shape index (κ1) is 20.4. The van der Waals surface area contributed by atoms with E-state index in [1.54, 1.807) is 0 Å². The number of hydrogen-bond donors (Lipinski definition) is 1. The Morgan fingerprint density at radius 3 is 2.42 bits per heavy atom. The van der Waals surface area contributed by atoms with E-state index >= 15 is 0 Å². The highest BCUT2D eigenvalue weighted by atomic mass is 35.5. The van der Waals surface area contributed by atoms with Crippen LogP contribution in [0.1, 0.15) is 42.5 Å². The average molecular weight is 390 g/mol. The van der Waals surface area contributed by atoms with Crippen molar-refractivity contribution in [2.24, 2.45) is 5.73 Å². The number of ether oxygens (including phenoxy) is 1. The Labute approximate surface area is 166 Å². The maximum Gasteiger partial charge on any atom is 0.122 e. The van der Waals surface area contributed by atoms with Crippen LogP contribution in [0.25, 0.3) is 5.70 Å². The quantitative estimate of drug-likeness (QED) is 0.544.